The van der Waals surface area contributed by atoms with Gasteiger partial charge in [-0.15, -0.1) is 0 Å². The van der Waals surface area contributed by atoms with Gasteiger partial charge in [-0.1, -0.05) is 83.7 Å². The molecule has 5 nitrogen and oxygen atoms in total. The Hall–Kier alpha value is -2.83. The van der Waals surface area contributed by atoms with E-state index >= 15 is 0 Å². The second kappa shape index (κ2) is 15.8. The van der Waals surface area contributed by atoms with Crippen LogP contribution in [0.25, 0.3) is 0 Å². The second-order valence-electron chi connectivity index (χ2n) is 12.1. The van der Waals surface area contributed by atoms with Crippen molar-refractivity contribution in [2.24, 2.45) is 0 Å². The fourth-order valence-corrected chi connectivity index (χ4v) is 7.15. The van der Waals surface area contributed by atoms with Crippen LogP contribution >= 0.6 is 0 Å². The highest BCUT2D eigenvalue weighted by molar-refractivity contribution is 7.80. The molecule has 6 heteroatoms. The van der Waals surface area contributed by atoms with Crippen molar-refractivity contribution in [3.8, 4) is 0 Å². The van der Waals surface area contributed by atoms with E-state index in [0.717, 1.165) is 53.5 Å². The minimum Gasteiger partial charge on any atom is -0.378 e. The highest BCUT2D eigenvalue weighted by atomic mass is 32.2. The normalized spacial score (nSPS) is 15.3. The molecule has 0 bridgehead atoms. The lowest BCUT2D eigenvalue weighted by molar-refractivity contribution is 0.193. The monoisotopic (exact) mass is 603 g/mol. The molecule has 0 aromatic heterocycles. The SMILES string of the molecule is CCCCN(CCCC)c1ccc(C2(c3ccc(N(CCCC)CCCC)cc3)OS(=O)c3cc(N(C)C)ccc32)cc1. The van der Waals surface area contributed by atoms with Crippen LogP contribution in [-0.4, -0.2) is 44.5 Å². The van der Waals surface area contributed by atoms with Crippen LogP contribution in [0.1, 0.15) is 95.8 Å². The summed E-state index contributed by atoms with van der Waals surface area (Å²) in [7, 11) is 4.02. The van der Waals surface area contributed by atoms with Gasteiger partial charge in [0, 0.05) is 62.9 Å². The highest BCUT2D eigenvalue weighted by Gasteiger charge is 2.48. The van der Waals surface area contributed by atoms with E-state index in [4.69, 9.17) is 4.18 Å². The third-order valence-electron chi connectivity index (χ3n) is 8.65. The van der Waals surface area contributed by atoms with Crippen molar-refractivity contribution in [3.63, 3.8) is 0 Å². The predicted octanol–water partition coefficient (Wildman–Crippen LogP) is 8.91. The number of rotatable bonds is 17. The van der Waals surface area contributed by atoms with Gasteiger partial charge in [0.2, 0.25) is 0 Å². The molecule has 0 aliphatic carbocycles. The Labute approximate surface area is 263 Å². The third kappa shape index (κ3) is 7.46. The van der Waals surface area contributed by atoms with Gasteiger partial charge >= 0.3 is 0 Å². The first kappa shape index (κ1) is 33.1. The minimum atomic E-state index is -1.59. The molecule has 234 valence electrons. The van der Waals surface area contributed by atoms with E-state index in [1.807, 2.05) is 25.1 Å². The number of hydrogen-bond acceptors (Lipinski definition) is 5. The van der Waals surface area contributed by atoms with Gasteiger partial charge in [0.25, 0.3) is 0 Å². The average molecular weight is 604 g/mol. The van der Waals surface area contributed by atoms with Crippen molar-refractivity contribution in [1.29, 1.82) is 0 Å². The largest absolute Gasteiger partial charge is 0.378 e. The molecule has 1 atom stereocenters. The first-order chi connectivity index (χ1) is 20.9. The summed E-state index contributed by atoms with van der Waals surface area (Å²) in [5, 5.41) is 0. The molecule has 1 aliphatic heterocycles. The number of unbranched alkanes of at least 4 members (excludes halogenated alkanes) is 4. The fraction of sp³-hybridized carbons (Fsp3) is 0.514. The first-order valence-electron chi connectivity index (χ1n) is 16.5. The molecule has 1 heterocycles. The quantitative estimate of drug-likeness (QED) is 0.154. The van der Waals surface area contributed by atoms with Gasteiger partial charge < -0.3 is 14.7 Å². The van der Waals surface area contributed by atoms with Crippen molar-refractivity contribution in [2.75, 3.05) is 55.0 Å². The standard InChI is InChI=1S/C37H53N3O2S/c1-7-11-25-39(26-12-8-2)32-19-15-30(16-20-32)37(35-24-23-34(38(5)6)29-36(35)43(41)42-37)31-17-21-33(22-18-31)40(27-13-9-3)28-14-10-4/h15-24,29H,7-14,25-28H2,1-6H3. The topological polar surface area (TPSA) is 36.0 Å². The molecule has 0 amide bonds. The molecule has 0 radical (unpaired) electrons. The maximum atomic E-state index is 13.7. The summed E-state index contributed by atoms with van der Waals surface area (Å²) in [4.78, 5) is 7.80. The average Bonchev–Trinajstić information content (AvgIpc) is 3.33. The molecule has 43 heavy (non-hydrogen) atoms. The van der Waals surface area contributed by atoms with E-state index in [1.54, 1.807) is 0 Å². The molecule has 0 N–H and O–H groups in total. The van der Waals surface area contributed by atoms with Gasteiger partial charge in [0.1, 0.15) is 0 Å². The number of nitrogens with zero attached hydrogens (tertiary/aromatic N) is 3. The Bertz CT molecular complexity index is 1230. The molecule has 0 fully saturated rings. The molecular formula is C37H53N3O2S. The van der Waals surface area contributed by atoms with Gasteiger partial charge in [-0.25, -0.2) is 4.21 Å². The Morgan fingerprint density at radius 1 is 0.605 bits per heavy atom. The summed E-state index contributed by atoms with van der Waals surface area (Å²) in [5.74, 6) is 0. The first-order valence-corrected chi connectivity index (χ1v) is 17.6. The van der Waals surface area contributed by atoms with Gasteiger partial charge in [-0.05, 0) is 73.2 Å². The van der Waals surface area contributed by atoms with Crippen LogP contribution in [-0.2, 0) is 20.9 Å². The van der Waals surface area contributed by atoms with E-state index in [0.29, 0.717) is 0 Å². The molecule has 0 saturated heterocycles. The van der Waals surface area contributed by atoms with Crippen LogP contribution in [0.15, 0.2) is 71.6 Å². The Balaban J connectivity index is 1.79. The molecule has 1 aliphatic rings. The maximum absolute atomic E-state index is 13.7. The fourth-order valence-electron chi connectivity index (χ4n) is 5.94. The van der Waals surface area contributed by atoms with Gasteiger partial charge in [-0.2, -0.15) is 0 Å². The van der Waals surface area contributed by atoms with Crippen molar-refractivity contribution < 1.29 is 8.39 Å². The molecule has 1 unspecified atom stereocenters. The zero-order valence-corrected chi connectivity index (χ0v) is 28.2. The van der Waals surface area contributed by atoms with Gasteiger partial charge in [0.05, 0.1) is 4.90 Å². The van der Waals surface area contributed by atoms with Crippen LogP contribution in [0, 0.1) is 0 Å². The summed E-state index contributed by atoms with van der Waals surface area (Å²) < 4.78 is 20.3. The number of fused-ring (bicyclic) bond motifs is 1. The van der Waals surface area contributed by atoms with Crippen molar-refractivity contribution >= 4 is 28.1 Å². The molecule has 0 saturated carbocycles. The minimum absolute atomic E-state index is 0.749. The summed E-state index contributed by atoms with van der Waals surface area (Å²) in [5.41, 5.74) is 5.52. The van der Waals surface area contributed by atoms with Crippen LogP contribution in [0.2, 0.25) is 0 Å². The Morgan fingerprint density at radius 2 is 1.00 bits per heavy atom. The van der Waals surface area contributed by atoms with Crippen LogP contribution in [0.4, 0.5) is 17.1 Å². The lowest BCUT2D eigenvalue weighted by Crippen LogP contribution is -2.30. The van der Waals surface area contributed by atoms with Crippen LogP contribution in [0.3, 0.4) is 0 Å². The zero-order valence-electron chi connectivity index (χ0n) is 27.4. The number of anilines is 3. The summed E-state index contributed by atoms with van der Waals surface area (Å²) >= 11 is -1.59. The molecule has 0 spiro atoms. The summed E-state index contributed by atoms with van der Waals surface area (Å²) in [6.45, 7) is 13.2. The lowest BCUT2D eigenvalue weighted by atomic mass is 9.80. The summed E-state index contributed by atoms with van der Waals surface area (Å²) in [6, 6.07) is 23.9. The van der Waals surface area contributed by atoms with Crippen molar-refractivity contribution in [2.45, 2.75) is 89.6 Å². The maximum Gasteiger partial charge on any atom is 0.191 e. The smallest absolute Gasteiger partial charge is 0.191 e. The lowest BCUT2D eigenvalue weighted by Gasteiger charge is -2.32. The van der Waals surface area contributed by atoms with Gasteiger partial charge in [-0.3, -0.25) is 4.18 Å². The summed E-state index contributed by atoms with van der Waals surface area (Å²) in [6.07, 6.45) is 9.44. The number of hydrogen-bond donors (Lipinski definition) is 0. The zero-order chi connectivity index (χ0) is 30.8. The third-order valence-corrected chi connectivity index (χ3v) is 9.74. The van der Waals surface area contributed by atoms with E-state index < -0.39 is 16.7 Å². The van der Waals surface area contributed by atoms with Gasteiger partial charge in [0.15, 0.2) is 16.7 Å². The highest BCUT2D eigenvalue weighted by Crippen LogP contribution is 2.50. The van der Waals surface area contributed by atoms with E-state index in [2.05, 4.69) is 98.2 Å². The van der Waals surface area contributed by atoms with Crippen LogP contribution < -0.4 is 14.7 Å². The molecular weight excluding hydrogens is 550 g/mol. The van der Waals surface area contributed by atoms with Crippen molar-refractivity contribution in [1.82, 2.24) is 0 Å². The molecule has 3 aromatic rings. The molecule has 4 rings (SSSR count). The Kier molecular flexibility index (Phi) is 12.1. The molecule has 3 aromatic carbocycles. The Morgan fingerprint density at radius 3 is 1.37 bits per heavy atom. The second-order valence-corrected chi connectivity index (χ2v) is 13.1. The number of benzene rings is 3. The van der Waals surface area contributed by atoms with Crippen LogP contribution in [0.5, 0.6) is 0 Å². The van der Waals surface area contributed by atoms with Crippen molar-refractivity contribution in [3.05, 3.63) is 83.4 Å². The predicted molar refractivity (Wildman–Crippen MR) is 185 cm³/mol. The van der Waals surface area contributed by atoms with E-state index in [-0.39, 0.29) is 0 Å². The van der Waals surface area contributed by atoms with E-state index in [1.165, 1.54) is 62.7 Å². The van der Waals surface area contributed by atoms with E-state index in [9.17, 15) is 4.21 Å².